The van der Waals surface area contributed by atoms with Gasteiger partial charge in [0.2, 0.25) is 0 Å². The van der Waals surface area contributed by atoms with Crippen LogP contribution in [0.15, 0.2) is 48.5 Å². The van der Waals surface area contributed by atoms with E-state index >= 15 is 0 Å². The summed E-state index contributed by atoms with van der Waals surface area (Å²) in [5, 5.41) is 0. The normalized spacial score (nSPS) is 12.4. The highest BCUT2D eigenvalue weighted by Gasteiger charge is 2.10. The van der Waals surface area contributed by atoms with E-state index in [-0.39, 0.29) is 5.82 Å². The van der Waals surface area contributed by atoms with Crippen molar-refractivity contribution in [3.63, 3.8) is 0 Å². The molecule has 2 aromatic carbocycles. The maximum atomic E-state index is 13.3. The Morgan fingerprint density at radius 1 is 1.06 bits per heavy atom. The molecule has 0 nitrogen and oxygen atoms in total. The number of benzene rings is 2. The molecule has 0 fully saturated rings. The molecular formula is C16H17F. The first-order chi connectivity index (χ1) is 8.22. The topological polar surface area (TPSA) is 0 Å². The van der Waals surface area contributed by atoms with Gasteiger partial charge in [0.15, 0.2) is 0 Å². The molecule has 0 aliphatic carbocycles. The fourth-order valence-electron chi connectivity index (χ4n) is 2.07. The number of hydrogen-bond donors (Lipinski definition) is 0. The second kappa shape index (κ2) is 5.13. The first-order valence-electron chi connectivity index (χ1n) is 6.07. The van der Waals surface area contributed by atoms with E-state index < -0.39 is 0 Å². The lowest BCUT2D eigenvalue weighted by Gasteiger charge is -2.15. The van der Waals surface area contributed by atoms with Crippen molar-refractivity contribution in [2.45, 2.75) is 26.2 Å². The molecule has 0 bridgehead atoms. The zero-order chi connectivity index (χ0) is 12.3. The number of rotatable bonds is 3. The van der Waals surface area contributed by atoms with Crippen LogP contribution in [0.1, 0.15) is 31.7 Å². The number of hydrogen-bond acceptors (Lipinski definition) is 0. The van der Waals surface area contributed by atoms with Gasteiger partial charge in [-0.05, 0) is 41.2 Å². The first-order valence-corrected chi connectivity index (χ1v) is 6.07. The van der Waals surface area contributed by atoms with Gasteiger partial charge < -0.3 is 0 Å². The molecule has 1 heteroatoms. The Morgan fingerprint density at radius 3 is 2.53 bits per heavy atom. The van der Waals surface area contributed by atoms with Crippen LogP contribution in [0, 0.1) is 5.82 Å². The van der Waals surface area contributed by atoms with Gasteiger partial charge in [-0.25, -0.2) is 4.39 Å². The molecule has 0 N–H and O–H groups in total. The highest BCUT2D eigenvalue weighted by molar-refractivity contribution is 5.68. The molecule has 2 aromatic rings. The van der Waals surface area contributed by atoms with Gasteiger partial charge in [-0.15, -0.1) is 0 Å². The van der Waals surface area contributed by atoms with Gasteiger partial charge in [0.05, 0.1) is 0 Å². The molecule has 0 saturated heterocycles. The summed E-state index contributed by atoms with van der Waals surface area (Å²) in [7, 11) is 0. The van der Waals surface area contributed by atoms with Gasteiger partial charge in [-0.2, -0.15) is 0 Å². The van der Waals surface area contributed by atoms with Crippen molar-refractivity contribution in [3.05, 3.63) is 59.9 Å². The summed E-state index contributed by atoms with van der Waals surface area (Å²) >= 11 is 0. The lowest BCUT2D eigenvalue weighted by atomic mass is 9.90. The summed E-state index contributed by atoms with van der Waals surface area (Å²) in [4.78, 5) is 0. The maximum Gasteiger partial charge on any atom is 0.123 e. The average Bonchev–Trinajstić information content (AvgIpc) is 2.38. The first kappa shape index (κ1) is 11.8. The Hall–Kier alpha value is -1.63. The van der Waals surface area contributed by atoms with Gasteiger partial charge in [0.25, 0.3) is 0 Å². The third-order valence-electron chi connectivity index (χ3n) is 3.24. The van der Waals surface area contributed by atoms with Crippen LogP contribution in [-0.4, -0.2) is 0 Å². The van der Waals surface area contributed by atoms with Gasteiger partial charge in [-0.1, -0.05) is 50.2 Å². The minimum absolute atomic E-state index is 0.179. The fraction of sp³-hybridized carbons (Fsp3) is 0.250. The van der Waals surface area contributed by atoms with Crippen LogP contribution in [0.25, 0.3) is 11.1 Å². The van der Waals surface area contributed by atoms with E-state index in [1.54, 1.807) is 12.1 Å². The third-order valence-corrected chi connectivity index (χ3v) is 3.24. The fourth-order valence-corrected chi connectivity index (χ4v) is 2.07. The van der Waals surface area contributed by atoms with Crippen LogP contribution in [0.4, 0.5) is 4.39 Å². The zero-order valence-corrected chi connectivity index (χ0v) is 10.3. The lowest BCUT2D eigenvalue weighted by Crippen LogP contribution is -1.95. The van der Waals surface area contributed by atoms with Crippen molar-refractivity contribution >= 4 is 0 Å². The average molecular weight is 228 g/mol. The molecule has 0 aliphatic heterocycles. The molecule has 0 saturated carbocycles. The minimum Gasteiger partial charge on any atom is -0.207 e. The predicted octanol–water partition coefficient (Wildman–Crippen LogP) is 5.01. The van der Waals surface area contributed by atoms with Crippen molar-refractivity contribution < 1.29 is 4.39 Å². The van der Waals surface area contributed by atoms with Crippen LogP contribution in [0.2, 0.25) is 0 Å². The van der Waals surface area contributed by atoms with Gasteiger partial charge in [-0.3, -0.25) is 0 Å². The van der Waals surface area contributed by atoms with Crippen molar-refractivity contribution in [1.29, 1.82) is 0 Å². The van der Waals surface area contributed by atoms with E-state index in [2.05, 4.69) is 26.0 Å². The molecule has 0 aromatic heterocycles. The molecule has 0 radical (unpaired) electrons. The van der Waals surface area contributed by atoms with Crippen LogP contribution >= 0.6 is 0 Å². The second-order valence-electron chi connectivity index (χ2n) is 4.41. The highest BCUT2D eigenvalue weighted by atomic mass is 19.1. The SMILES string of the molecule is CCC(C)c1ccccc1-c1cccc(F)c1. The molecule has 2 rings (SSSR count). The van der Waals surface area contributed by atoms with Crippen molar-refractivity contribution in [3.8, 4) is 11.1 Å². The molecule has 0 aliphatic rings. The van der Waals surface area contributed by atoms with E-state index in [0.29, 0.717) is 5.92 Å². The lowest BCUT2D eigenvalue weighted by molar-refractivity contribution is 0.628. The smallest absolute Gasteiger partial charge is 0.123 e. The number of halogens is 1. The third kappa shape index (κ3) is 2.55. The summed E-state index contributed by atoms with van der Waals surface area (Å²) in [5.74, 6) is 0.316. The van der Waals surface area contributed by atoms with E-state index in [1.807, 2.05) is 18.2 Å². The van der Waals surface area contributed by atoms with Crippen molar-refractivity contribution in [1.82, 2.24) is 0 Å². The molecule has 0 amide bonds. The highest BCUT2D eigenvalue weighted by Crippen LogP contribution is 2.30. The van der Waals surface area contributed by atoms with Crippen LogP contribution < -0.4 is 0 Å². The molecule has 88 valence electrons. The van der Waals surface area contributed by atoms with E-state index in [1.165, 1.54) is 11.6 Å². The Kier molecular flexibility index (Phi) is 3.58. The summed E-state index contributed by atoms with van der Waals surface area (Å²) < 4.78 is 13.3. The second-order valence-corrected chi connectivity index (χ2v) is 4.41. The molecule has 1 unspecified atom stereocenters. The maximum absolute atomic E-state index is 13.3. The van der Waals surface area contributed by atoms with E-state index in [9.17, 15) is 4.39 Å². The molecule has 0 heterocycles. The van der Waals surface area contributed by atoms with E-state index in [4.69, 9.17) is 0 Å². The van der Waals surface area contributed by atoms with Crippen LogP contribution in [0.5, 0.6) is 0 Å². The monoisotopic (exact) mass is 228 g/mol. The standard InChI is InChI=1S/C16H17F/c1-3-12(2)15-9-4-5-10-16(15)13-7-6-8-14(17)11-13/h4-12H,3H2,1-2H3. The van der Waals surface area contributed by atoms with Crippen LogP contribution in [0.3, 0.4) is 0 Å². The van der Waals surface area contributed by atoms with Gasteiger partial charge in [0, 0.05) is 0 Å². The Labute approximate surface area is 102 Å². The summed E-state index contributed by atoms with van der Waals surface area (Å²) in [6, 6.07) is 15.1. The Bertz CT molecular complexity index is 502. The quantitative estimate of drug-likeness (QED) is 0.693. The Balaban J connectivity index is 2.52. The van der Waals surface area contributed by atoms with Crippen molar-refractivity contribution in [2.75, 3.05) is 0 Å². The summed E-state index contributed by atoms with van der Waals surface area (Å²) in [6.45, 7) is 4.38. The predicted molar refractivity (Wildman–Crippen MR) is 70.5 cm³/mol. The molecular weight excluding hydrogens is 211 g/mol. The minimum atomic E-state index is -0.179. The summed E-state index contributed by atoms with van der Waals surface area (Å²) in [5.41, 5.74) is 3.39. The van der Waals surface area contributed by atoms with Gasteiger partial charge in [0.1, 0.15) is 5.82 Å². The molecule has 1 atom stereocenters. The summed E-state index contributed by atoms with van der Waals surface area (Å²) in [6.07, 6.45) is 1.09. The largest absolute Gasteiger partial charge is 0.207 e. The van der Waals surface area contributed by atoms with Crippen molar-refractivity contribution in [2.24, 2.45) is 0 Å². The van der Waals surface area contributed by atoms with E-state index in [0.717, 1.165) is 17.5 Å². The van der Waals surface area contributed by atoms with Crippen LogP contribution in [-0.2, 0) is 0 Å². The zero-order valence-electron chi connectivity index (χ0n) is 10.3. The molecule has 0 spiro atoms. The molecule has 17 heavy (non-hydrogen) atoms. The Morgan fingerprint density at radius 2 is 1.82 bits per heavy atom. The van der Waals surface area contributed by atoms with Gasteiger partial charge >= 0.3 is 0 Å².